The molecule has 0 amide bonds. The van der Waals surface area contributed by atoms with Crippen LogP contribution in [0.25, 0.3) is 0 Å². The number of hydrogen-bond donors (Lipinski definition) is 1. The third kappa shape index (κ3) is 6.12. The summed E-state index contributed by atoms with van der Waals surface area (Å²) in [5, 5.41) is 3.51. The second kappa shape index (κ2) is 6.87. The van der Waals surface area contributed by atoms with Crippen LogP contribution in [0, 0.1) is 5.92 Å². The van der Waals surface area contributed by atoms with Crippen LogP contribution in [0.1, 0.15) is 34.1 Å². The lowest BCUT2D eigenvalue weighted by Crippen LogP contribution is -2.43. The van der Waals surface area contributed by atoms with Gasteiger partial charge < -0.3 is 10.2 Å². The minimum absolute atomic E-state index is 0.462. The van der Waals surface area contributed by atoms with E-state index in [4.69, 9.17) is 0 Å². The van der Waals surface area contributed by atoms with Gasteiger partial charge in [0.25, 0.3) is 0 Å². The standard InChI is InChI=1S/C13H28N2S/c1-12(2)10-14-6-5-7-15-8-9-16-13(3,4)11-15/h12,14H,5-11H2,1-4H3. The highest BCUT2D eigenvalue weighted by atomic mass is 32.2. The zero-order valence-corrected chi connectivity index (χ0v) is 12.2. The van der Waals surface area contributed by atoms with Crippen molar-refractivity contribution in [1.29, 1.82) is 0 Å². The zero-order valence-electron chi connectivity index (χ0n) is 11.4. The molecule has 2 nitrogen and oxygen atoms in total. The van der Waals surface area contributed by atoms with Crippen molar-refractivity contribution in [1.82, 2.24) is 10.2 Å². The molecule has 0 atom stereocenters. The molecule has 16 heavy (non-hydrogen) atoms. The van der Waals surface area contributed by atoms with Gasteiger partial charge >= 0.3 is 0 Å². The van der Waals surface area contributed by atoms with Crippen molar-refractivity contribution in [2.45, 2.75) is 38.9 Å². The molecule has 1 aliphatic rings. The van der Waals surface area contributed by atoms with E-state index >= 15 is 0 Å². The molecule has 1 N–H and O–H groups in total. The Morgan fingerprint density at radius 3 is 2.75 bits per heavy atom. The van der Waals surface area contributed by atoms with Gasteiger partial charge in [-0.2, -0.15) is 11.8 Å². The first-order valence-electron chi connectivity index (χ1n) is 6.57. The highest BCUT2D eigenvalue weighted by molar-refractivity contribution is 8.00. The van der Waals surface area contributed by atoms with E-state index in [9.17, 15) is 0 Å². The molecule has 1 aliphatic heterocycles. The van der Waals surface area contributed by atoms with Crippen LogP contribution in [0.5, 0.6) is 0 Å². The number of nitrogens with zero attached hydrogens (tertiary/aromatic N) is 1. The molecule has 0 bridgehead atoms. The predicted octanol–water partition coefficient (Wildman–Crippen LogP) is 2.45. The van der Waals surface area contributed by atoms with Crippen LogP contribution in [0.15, 0.2) is 0 Å². The first-order chi connectivity index (χ1) is 7.49. The fraction of sp³-hybridized carbons (Fsp3) is 1.00. The van der Waals surface area contributed by atoms with Gasteiger partial charge in [-0.3, -0.25) is 0 Å². The Balaban J connectivity index is 2.04. The molecule has 1 heterocycles. The Morgan fingerprint density at radius 2 is 2.12 bits per heavy atom. The number of thioether (sulfide) groups is 1. The summed E-state index contributed by atoms with van der Waals surface area (Å²) >= 11 is 2.11. The van der Waals surface area contributed by atoms with Gasteiger partial charge in [0.15, 0.2) is 0 Å². The lowest BCUT2D eigenvalue weighted by atomic mass is 10.2. The molecule has 0 saturated carbocycles. The van der Waals surface area contributed by atoms with E-state index in [1.165, 1.54) is 38.4 Å². The summed E-state index contributed by atoms with van der Waals surface area (Å²) in [5.41, 5.74) is 0. The SMILES string of the molecule is CC(C)CNCCCN1CCSC(C)(C)C1. The lowest BCUT2D eigenvalue weighted by molar-refractivity contribution is 0.256. The molecule has 1 saturated heterocycles. The summed E-state index contributed by atoms with van der Waals surface area (Å²) in [6.45, 7) is 15.4. The molecule has 0 aliphatic carbocycles. The fourth-order valence-corrected chi connectivity index (χ4v) is 3.30. The number of nitrogens with one attached hydrogen (secondary N) is 1. The largest absolute Gasteiger partial charge is 0.316 e. The molecule has 1 rings (SSSR count). The number of hydrogen-bond acceptors (Lipinski definition) is 3. The van der Waals surface area contributed by atoms with Crippen LogP contribution in [-0.4, -0.2) is 48.1 Å². The predicted molar refractivity (Wildman–Crippen MR) is 75.3 cm³/mol. The molecular formula is C13H28N2S. The lowest BCUT2D eigenvalue weighted by Gasteiger charge is -2.37. The first-order valence-corrected chi connectivity index (χ1v) is 7.55. The van der Waals surface area contributed by atoms with Crippen molar-refractivity contribution in [2.24, 2.45) is 5.92 Å². The molecule has 0 aromatic carbocycles. The van der Waals surface area contributed by atoms with Gasteiger partial charge in [0.2, 0.25) is 0 Å². The Morgan fingerprint density at radius 1 is 1.38 bits per heavy atom. The summed E-state index contributed by atoms with van der Waals surface area (Å²) in [4.78, 5) is 2.62. The van der Waals surface area contributed by atoms with E-state index < -0.39 is 0 Å². The van der Waals surface area contributed by atoms with Crippen LogP contribution in [0.2, 0.25) is 0 Å². The molecule has 96 valence electrons. The molecule has 0 aromatic heterocycles. The summed E-state index contributed by atoms with van der Waals surface area (Å²) in [7, 11) is 0. The molecule has 0 unspecified atom stereocenters. The van der Waals surface area contributed by atoms with Gasteiger partial charge in [-0.25, -0.2) is 0 Å². The van der Waals surface area contributed by atoms with Crippen molar-refractivity contribution in [2.75, 3.05) is 38.5 Å². The van der Waals surface area contributed by atoms with E-state index in [-0.39, 0.29) is 0 Å². The van der Waals surface area contributed by atoms with Gasteiger partial charge in [-0.15, -0.1) is 0 Å². The van der Waals surface area contributed by atoms with Gasteiger partial charge in [0.1, 0.15) is 0 Å². The van der Waals surface area contributed by atoms with Crippen LogP contribution >= 0.6 is 11.8 Å². The Labute approximate surface area is 106 Å². The maximum atomic E-state index is 3.51. The smallest absolute Gasteiger partial charge is 0.0231 e. The quantitative estimate of drug-likeness (QED) is 0.723. The summed E-state index contributed by atoms with van der Waals surface area (Å²) in [6, 6.07) is 0. The second-order valence-corrected chi connectivity index (χ2v) is 7.64. The molecule has 0 aromatic rings. The third-order valence-corrected chi connectivity index (χ3v) is 4.18. The molecule has 0 spiro atoms. The average molecular weight is 244 g/mol. The number of rotatable bonds is 6. The Hall–Kier alpha value is 0.270. The van der Waals surface area contributed by atoms with E-state index in [2.05, 4.69) is 49.7 Å². The van der Waals surface area contributed by atoms with Crippen LogP contribution in [0.4, 0.5) is 0 Å². The highest BCUT2D eigenvalue weighted by Crippen LogP contribution is 2.29. The Bertz CT molecular complexity index is 192. The second-order valence-electron chi connectivity index (χ2n) is 5.84. The van der Waals surface area contributed by atoms with Gasteiger partial charge in [-0.05, 0) is 45.8 Å². The van der Waals surface area contributed by atoms with Crippen LogP contribution in [0.3, 0.4) is 0 Å². The van der Waals surface area contributed by atoms with Gasteiger partial charge in [0.05, 0.1) is 0 Å². The summed E-state index contributed by atoms with van der Waals surface area (Å²) in [5.74, 6) is 2.07. The van der Waals surface area contributed by atoms with Crippen molar-refractivity contribution < 1.29 is 0 Å². The van der Waals surface area contributed by atoms with Crippen molar-refractivity contribution >= 4 is 11.8 Å². The van der Waals surface area contributed by atoms with Crippen LogP contribution in [-0.2, 0) is 0 Å². The van der Waals surface area contributed by atoms with Gasteiger partial charge in [-0.1, -0.05) is 13.8 Å². The highest BCUT2D eigenvalue weighted by Gasteiger charge is 2.26. The Kier molecular flexibility index (Phi) is 6.16. The van der Waals surface area contributed by atoms with Crippen LogP contribution < -0.4 is 5.32 Å². The fourth-order valence-electron chi connectivity index (χ4n) is 2.12. The van der Waals surface area contributed by atoms with E-state index in [0.29, 0.717) is 4.75 Å². The molecule has 3 heteroatoms. The zero-order chi connectivity index (χ0) is 12.0. The van der Waals surface area contributed by atoms with Crippen molar-refractivity contribution in [3.63, 3.8) is 0 Å². The van der Waals surface area contributed by atoms with E-state index in [1.807, 2.05) is 0 Å². The maximum absolute atomic E-state index is 3.51. The van der Waals surface area contributed by atoms with Crippen molar-refractivity contribution in [3.8, 4) is 0 Å². The topological polar surface area (TPSA) is 15.3 Å². The minimum Gasteiger partial charge on any atom is -0.316 e. The maximum Gasteiger partial charge on any atom is 0.0231 e. The first kappa shape index (κ1) is 14.3. The average Bonchev–Trinajstić information content (AvgIpc) is 2.15. The summed E-state index contributed by atoms with van der Waals surface area (Å²) in [6.07, 6.45) is 1.29. The van der Waals surface area contributed by atoms with E-state index in [1.54, 1.807) is 0 Å². The minimum atomic E-state index is 0.462. The molecular weight excluding hydrogens is 216 g/mol. The molecule has 1 fully saturated rings. The van der Waals surface area contributed by atoms with Gasteiger partial charge in [0, 0.05) is 23.6 Å². The molecule has 0 radical (unpaired) electrons. The normalized spacial score (nSPS) is 21.6. The third-order valence-electron chi connectivity index (χ3n) is 2.89. The summed E-state index contributed by atoms with van der Waals surface area (Å²) < 4.78 is 0.462. The van der Waals surface area contributed by atoms with Crippen molar-refractivity contribution in [3.05, 3.63) is 0 Å². The van der Waals surface area contributed by atoms with E-state index in [0.717, 1.165) is 12.5 Å². The monoisotopic (exact) mass is 244 g/mol.